The maximum Gasteiger partial charge on any atom is 0.282 e. The molecule has 0 saturated heterocycles. The summed E-state index contributed by atoms with van der Waals surface area (Å²) in [6, 6.07) is 6.83. The lowest BCUT2D eigenvalue weighted by atomic mass is 10.2. The first kappa shape index (κ1) is 17.4. The summed E-state index contributed by atoms with van der Waals surface area (Å²) in [7, 11) is 1.62. The van der Waals surface area contributed by atoms with Crippen molar-refractivity contribution in [2.75, 3.05) is 12.1 Å². The summed E-state index contributed by atoms with van der Waals surface area (Å²) >= 11 is 2.70. The van der Waals surface area contributed by atoms with Gasteiger partial charge in [0.05, 0.1) is 18.5 Å². The van der Waals surface area contributed by atoms with Crippen LogP contribution in [0.25, 0.3) is 11.3 Å². The summed E-state index contributed by atoms with van der Waals surface area (Å²) in [5, 5.41) is 18.4. The number of ether oxygens (including phenoxy) is 1. The number of anilines is 1. The molecule has 8 nitrogen and oxygen atoms in total. The number of methoxy groups -OCH3 is 1. The van der Waals surface area contributed by atoms with Crippen LogP contribution >= 0.6 is 22.7 Å². The van der Waals surface area contributed by atoms with Gasteiger partial charge in [-0.25, -0.2) is 9.97 Å². The SMILES string of the molecule is COc1ccc(-c2csc(N3N=C(C)[C@H](N=Nc4nccs4)C3=O)n2)cc1. The molecule has 0 bridgehead atoms. The van der Waals surface area contributed by atoms with Crippen LogP contribution in [0, 0.1) is 0 Å². The Morgan fingerprint density at radius 3 is 2.74 bits per heavy atom. The maximum atomic E-state index is 12.7. The predicted molar refractivity (Wildman–Crippen MR) is 105 cm³/mol. The second-order valence-electron chi connectivity index (χ2n) is 5.57. The average Bonchev–Trinajstić information content (AvgIpc) is 3.42. The summed E-state index contributed by atoms with van der Waals surface area (Å²) in [6.45, 7) is 1.75. The monoisotopic (exact) mass is 398 g/mol. The largest absolute Gasteiger partial charge is 0.497 e. The molecule has 0 aliphatic carbocycles. The van der Waals surface area contributed by atoms with E-state index >= 15 is 0 Å². The Bertz CT molecular complexity index is 1010. The van der Waals surface area contributed by atoms with Gasteiger partial charge >= 0.3 is 0 Å². The zero-order chi connectivity index (χ0) is 18.8. The Kier molecular flexibility index (Phi) is 4.73. The van der Waals surface area contributed by atoms with Gasteiger partial charge in [0.2, 0.25) is 10.3 Å². The number of thiazole rings is 2. The van der Waals surface area contributed by atoms with Crippen LogP contribution in [0.4, 0.5) is 10.3 Å². The molecule has 2 aromatic heterocycles. The van der Waals surface area contributed by atoms with Gasteiger partial charge in [-0.15, -0.1) is 27.8 Å². The summed E-state index contributed by atoms with van der Waals surface area (Å²) in [4.78, 5) is 21.3. The highest BCUT2D eigenvalue weighted by Crippen LogP contribution is 2.31. The molecule has 3 aromatic rings. The maximum absolute atomic E-state index is 12.7. The second kappa shape index (κ2) is 7.33. The number of hydrogen-bond donors (Lipinski definition) is 0. The van der Waals surface area contributed by atoms with E-state index in [1.54, 1.807) is 25.6 Å². The highest BCUT2D eigenvalue weighted by molar-refractivity contribution is 7.14. The van der Waals surface area contributed by atoms with Crippen molar-refractivity contribution in [2.45, 2.75) is 13.0 Å². The molecule has 136 valence electrons. The molecule has 4 rings (SSSR count). The number of carbonyl (C=O) groups excluding carboxylic acids is 1. The number of amides is 1. The van der Waals surface area contributed by atoms with Crippen molar-refractivity contribution in [3.05, 3.63) is 41.2 Å². The number of aromatic nitrogens is 2. The summed E-state index contributed by atoms with van der Waals surface area (Å²) in [6.07, 6.45) is 1.64. The highest BCUT2D eigenvalue weighted by atomic mass is 32.1. The Morgan fingerprint density at radius 1 is 1.22 bits per heavy atom. The molecule has 27 heavy (non-hydrogen) atoms. The highest BCUT2D eigenvalue weighted by Gasteiger charge is 2.36. The van der Waals surface area contributed by atoms with Crippen LogP contribution < -0.4 is 9.75 Å². The number of carbonyl (C=O) groups is 1. The molecule has 0 N–H and O–H groups in total. The van der Waals surface area contributed by atoms with Crippen molar-refractivity contribution >= 4 is 44.6 Å². The zero-order valence-corrected chi connectivity index (χ0v) is 16.1. The van der Waals surface area contributed by atoms with E-state index in [-0.39, 0.29) is 5.91 Å². The molecular formula is C17H14N6O2S2. The molecule has 1 aliphatic rings. The van der Waals surface area contributed by atoms with Gasteiger partial charge in [-0.1, -0.05) is 0 Å². The van der Waals surface area contributed by atoms with Crippen LogP contribution in [0.5, 0.6) is 5.75 Å². The lowest BCUT2D eigenvalue weighted by Gasteiger charge is -2.07. The fraction of sp³-hybridized carbons (Fsp3) is 0.176. The number of rotatable bonds is 5. The Hall–Kier alpha value is -2.98. The minimum Gasteiger partial charge on any atom is -0.497 e. The molecule has 0 fully saturated rings. The van der Waals surface area contributed by atoms with Crippen LogP contribution in [0.15, 0.2) is 56.6 Å². The van der Waals surface area contributed by atoms with E-state index in [0.717, 1.165) is 17.0 Å². The van der Waals surface area contributed by atoms with Gasteiger partial charge in [0.15, 0.2) is 6.04 Å². The van der Waals surface area contributed by atoms with Crippen molar-refractivity contribution in [2.24, 2.45) is 15.3 Å². The van der Waals surface area contributed by atoms with E-state index in [4.69, 9.17) is 4.74 Å². The molecule has 0 spiro atoms. The Balaban J connectivity index is 1.54. The second-order valence-corrected chi connectivity index (χ2v) is 7.28. The van der Waals surface area contributed by atoms with Gasteiger partial charge < -0.3 is 4.74 Å². The van der Waals surface area contributed by atoms with E-state index in [0.29, 0.717) is 16.0 Å². The lowest BCUT2D eigenvalue weighted by Crippen LogP contribution is -2.29. The first-order valence-electron chi connectivity index (χ1n) is 7.95. The quantitative estimate of drug-likeness (QED) is 0.604. The van der Waals surface area contributed by atoms with Gasteiger partial charge in [-0.05, 0) is 31.2 Å². The van der Waals surface area contributed by atoms with Crippen molar-refractivity contribution in [3.8, 4) is 17.0 Å². The molecule has 1 aromatic carbocycles. The van der Waals surface area contributed by atoms with Crippen LogP contribution in [0.3, 0.4) is 0 Å². The third kappa shape index (κ3) is 3.49. The van der Waals surface area contributed by atoms with Crippen molar-refractivity contribution in [1.29, 1.82) is 0 Å². The fourth-order valence-electron chi connectivity index (χ4n) is 2.45. The Morgan fingerprint density at radius 2 is 2.04 bits per heavy atom. The standard InChI is InChI=1S/C17H14N6O2S2/c1-10-14(20-21-16-18-7-8-26-16)15(24)23(22-10)17-19-13(9-27-17)11-3-5-12(25-2)6-4-11/h3-9,14H,1-2H3/t14-/m0/s1. The molecule has 0 unspecified atom stereocenters. The van der Waals surface area contributed by atoms with Gasteiger partial charge in [0.25, 0.3) is 5.91 Å². The van der Waals surface area contributed by atoms with Crippen LogP contribution in [0.1, 0.15) is 6.92 Å². The van der Waals surface area contributed by atoms with E-state index < -0.39 is 6.04 Å². The molecule has 0 radical (unpaired) electrons. The van der Waals surface area contributed by atoms with Crippen molar-refractivity contribution < 1.29 is 9.53 Å². The number of nitrogens with zero attached hydrogens (tertiary/aromatic N) is 6. The van der Waals surface area contributed by atoms with Gasteiger partial charge in [0, 0.05) is 22.5 Å². The van der Waals surface area contributed by atoms with Crippen LogP contribution in [-0.2, 0) is 4.79 Å². The summed E-state index contributed by atoms with van der Waals surface area (Å²) in [5.74, 6) is 0.501. The molecule has 1 aliphatic heterocycles. The zero-order valence-electron chi connectivity index (χ0n) is 14.4. The third-order valence-corrected chi connectivity index (χ3v) is 5.31. The van der Waals surface area contributed by atoms with E-state index in [9.17, 15) is 4.79 Å². The van der Waals surface area contributed by atoms with Gasteiger partial charge in [0.1, 0.15) is 5.75 Å². The Labute approximate surface area is 162 Å². The normalized spacial score (nSPS) is 17.0. The average molecular weight is 398 g/mol. The number of benzene rings is 1. The van der Waals surface area contributed by atoms with Crippen LogP contribution in [-0.4, -0.2) is 34.7 Å². The molecule has 3 heterocycles. The molecule has 1 amide bonds. The summed E-state index contributed by atoms with van der Waals surface area (Å²) < 4.78 is 5.17. The first-order valence-corrected chi connectivity index (χ1v) is 9.71. The molecule has 1 atom stereocenters. The van der Waals surface area contributed by atoms with E-state index in [2.05, 4.69) is 25.3 Å². The van der Waals surface area contributed by atoms with Gasteiger partial charge in [-0.2, -0.15) is 15.2 Å². The number of hydrogen-bond acceptors (Lipinski definition) is 9. The third-order valence-electron chi connectivity index (χ3n) is 3.83. The smallest absolute Gasteiger partial charge is 0.282 e. The first-order chi connectivity index (χ1) is 13.2. The molecule has 10 heteroatoms. The van der Waals surface area contributed by atoms with Crippen LogP contribution in [0.2, 0.25) is 0 Å². The minimum absolute atomic E-state index is 0.275. The summed E-state index contributed by atoms with van der Waals surface area (Å²) in [5.41, 5.74) is 2.28. The number of azo groups is 1. The van der Waals surface area contributed by atoms with Gasteiger partial charge in [-0.3, -0.25) is 4.79 Å². The minimum atomic E-state index is -0.748. The lowest BCUT2D eigenvalue weighted by molar-refractivity contribution is -0.117. The predicted octanol–water partition coefficient (Wildman–Crippen LogP) is 4.15. The molecular weight excluding hydrogens is 384 g/mol. The fourth-order valence-corrected chi connectivity index (χ4v) is 3.70. The van der Waals surface area contributed by atoms with E-state index in [1.807, 2.05) is 29.6 Å². The van der Waals surface area contributed by atoms with Crippen molar-refractivity contribution in [1.82, 2.24) is 9.97 Å². The van der Waals surface area contributed by atoms with Crippen molar-refractivity contribution in [3.63, 3.8) is 0 Å². The van der Waals surface area contributed by atoms with E-state index in [1.165, 1.54) is 27.7 Å². The number of hydrazone groups is 1. The molecule has 0 saturated carbocycles. The topological polar surface area (TPSA) is 92.4 Å².